The Morgan fingerprint density at radius 1 is 0.933 bits per heavy atom. The first-order valence-corrected chi connectivity index (χ1v) is 6.56. The lowest BCUT2D eigenvalue weighted by Crippen LogP contribution is -2.36. The van der Waals surface area contributed by atoms with E-state index in [0.29, 0.717) is 0 Å². The van der Waals surface area contributed by atoms with Gasteiger partial charge in [-0.1, -0.05) is 40.0 Å². The SMILES string of the molecule is CC(C)CCC[C@H](C)CCNC(C)(C)C. The van der Waals surface area contributed by atoms with Crippen LogP contribution < -0.4 is 5.32 Å². The Hall–Kier alpha value is -0.0400. The van der Waals surface area contributed by atoms with Crippen LogP contribution in [0.25, 0.3) is 0 Å². The van der Waals surface area contributed by atoms with Gasteiger partial charge in [0.25, 0.3) is 0 Å². The maximum atomic E-state index is 3.55. The Balaban J connectivity index is 3.37. The molecule has 0 aromatic carbocycles. The maximum Gasteiger partial charge on any atom is 0.00965 e. The third-order valence-electron chi connectivity index (χ3n) is 2.77. The molecule has 0 heterocycles. The van der Waals surface area contributed by atoms with Crippen LogP contribution in [0.2, 0.25) is 0 Å². The Bertz CT molecular complexity index is 144. The lowest BCUT2D eigenvalue weighted by atomic mass is 9.97. The molecule has 0 amide bonds. The van der Waals surface area contributed by atoms with Crippen LogP contribution in [0.4, 0.5) is 0 Å². The van der Waals surface area contributed by atoms with E-state index >= 15 is 0 Å². The van der Waals surface area contributed by atoms with E-state index in [1.807, 2.05) is 0 Å². The Morgan fingerprint density at radius 2 is 1.53 bits per heavy atom. The summed E-state index contributed by atoms with van der Waals surface area (Å²) in [6.45, 7) is 14.9. The molecule has 0 aromatic heterocycles. The summed E-state index contributed by atoms with van der Waals surface area (Å²) < 4.78 is 0. The fourth-order valence-corrected chi connectivity index (χ4v) is 1.71. The molecule has 1 N–H and O–H groups in total. The van der Waals surface area contributed by atoms with Gasteiger partial charge in [-0.2, -0.15) is 0 Å². The van der Waals surface area contributed by atoms with Gasteiger partial charge in [0.1, 0.15) is 0 Å². The number of nitrogens with one attached hydrogen (secondary N) is 1. The second-order valence-electron chi connectivity index (χ2n) is 6.40. The fourth-order valence-electron chi connectivity index (χ4n) is 1.71. The third kappa shape index (κ3) is 11.9. The van der Waals surface area contributed by atoms with Crippen molar-refractivity contribution in [2.45, 2.75) is 72.8 Å². The topological polar surface area (TPSA) is 12.0 Å². The Labute approximate surface area is 97.0 Å². The van der Waals surface area contributed by atoms with Gasteiger partial charge in [0.2, 0.25) is 0 Å². The summed E-state index contributed by atoms with van der Waals surface area (Å²) in [7, 11) is 0. The van der Waals surface area contributed by atoms with Crippen LogP contribution in [-0.4, -0.2) is 12.1 Å². The van der Waals surface area contributed by atoms with Crippen LogP contribution >= 0.6 is 0 Å². The highest BCUT2D eigenvalue weighted by atomic mass is 14.9. The molecule has 1 atom stereocenters. The van der Waals surface area contributed by atoms with Gasteiger partial charge in [-0.25, -0.2) is 0 Å². The molecule has 0 spiro atoms. The van der Waals surface area contributed by atoms with Gasteiger partial charge in [-0.05, 0) is 45.6 Å². The highest BCUT2D eigenvalue weighted by Gasteiger charge is 2.09. The molecule has 0 rings (SSSR count). The van der Waals surface area contributed by atoms with E-state index in [-0.39, 0.29) is 5.54 Å². The molecule has 1 nitrogen and oxygen atoms in total. The predicted octanol–water partition coefficient (Wildman–Crippen LogP) is 4.23. The van der Waals surface area contributed by atoms with Crippen LogP contribution in [0.1, 0.15) is 67.2 Å². The lowest BCUT2D eigenvalue weighted by molar-refractivity contribution is 0.376. The summed E-state index contributed by atoms with van der Waals surface area (Å²) in [4.78, 5) is 0. The van der Waals surface area contributed by atoms with Gasteiger partial charge in [0.15, 0.2) is 0 Å². The van der Waals surface area contributed by atoms with Crippen molar-refractivity contribution in [2.24, 2.45) is 11.8 Å². The maximum absolute atomic E-state index is 3.55. The molecule has 15 heavy (non-hydrogen) atoms. The highest BCUT2D eigenvalue weighted by Crippen LogP contribution is 2.15. The third-order valence-corrected chi connectivity index (χ3v) is 2.77. The smallest absolute Gasteiger partial charge is 0.00965 e. The number of hydrogen-bond donors (Lipinski definition) is 1. The molecule has 0 saturated carbocycles. The summed E-state index contributed by atoms with van der Waals surface area (Å²) in [5.41, 5.74) is 0.275. The average Bonchev–Trinajstić information content (AvgIpc) is 2.00. The van der Waals surface area contributed by atoms with Crippen molar-refractivity contribution in [3.05, 3.63) is 0 Å². The average molecular weight is 213 g/mol. The fraction of sp³-hybridized carbons (Fsp3) is 1.00. The van der Waals surface area contributed by atoms with Gasteiger partial charge in [-0.3, -0.25) is 0 Å². The number of hydrogen-bond acceptors (Lipinski definition) is 1. The molecule has 0 aliphatic rings. The molecule has 1 heteroatoms. The van der Waals surface area contributed by atoms with Crippen molar-refractivity contribution in [1.82, 2.24) is 5.32 Å². The second-order valence-corrected chi connectivity index (χ2v) is 6.40. The van der Waals surface area contributed by atoms with E-state index in [1.165, 1.54) is 25.7 Å². The molecule has 92 valence electrons. The minimum atomic E-state index is 0.275. The van der Waals surface area contributed by atoms with Crippen LogP contribution in [0.3, 0.4) is 0 Å². The molecule has 0 saturated heterocycles. The summed E-state index contributed by atoms with van der Waals surface area (Å²) in [6.07, 6.45) is 5.49. The van der Waals surface area contributed by atoms with Crippen LogP contribution in [0.15, 0.2) is 0 Å². The van der Waals surface area contributed by atoms with Crippen molar-refractivity contribution in [1.29, 1.82) is 0 Å². The summed E-state index contributed by atoms with van der Waals surface area (Å²) in [5, 5.41) is 3.55. The van der Waals surface area contributed by atoms with E-state index in [1.54, 1.807) is 0 Å². The first kappa shape index (κ1) is 15.0. The first-order valence-electron chi connectivity index (χ1n) is 6.56. The van der Waals surface area contributed by atoms with Gasteiger partial charge < -0.3 is 5.32 Å². The van der Waals surface area contributed by atoms with E-state index in [2.05, 4.69) is 46.9 Å². The van der Waals surface area contributed by atoms with Crippen molar-refractivity contribution in [3.8, 4) is 0 Å². The van der Waals surface area contributed by atoms with Gasteiger partial charge >= 0.3 is 0 Å². The molecular weight excluding hydrogens is 182 g/mol. The first-order chi connectivity index (χ1) is 6.81. The van der Waals surface area contributed by atoms with Crippen molar-refractivity contribution in [2.75, 3.05) is 6.54 Å². The van der Waals surface area contributed by atoms with E-state index < -0.39 is 0 Å². The van der Waals surface area contributed by atoms with Crippen LogP contribution in [0.5, 0.6) is 0 Å². The van der Waals surface area contributed by atoms with Crippen LogP contribution in [0, 0.1) is 11.8 Å². The molecule has 0 unspecified atom stereocenters. The Kier molecular flexibility index (Phi) is 7.25. The minimum Gasteiger partial charge on any atom is -0.312 e. The summed E-state index contributed by atoms with van der Waals surface area (Å²) in [6, 6.07) is 0. The molecular formula is C14H31N. The predicted molar refractivity (Wildman–Crippen MR) is 70.2 cm³/mol. The highest BCUT2D eigenvalue weighted by molar-refractivity contribution is 4.70. The van der Waals surface area contributed by atoms with Gasteiger partial charge in [0.05, 0.1) is 0 Å². The minimum absolute atomic E-state index is 0.275. The van der Waals surface area contributed by atoms with Crippen LogP contribution in [-0.2, 0) is 0 Å². The number of rotatable bonds is 7. The zero-order chi connectivity index (χ0) is 11.9. The lowest BCUT2D eigenvalue weighted by Gasteiger charge is -2.22. The Morgan fingerprint density at radius 3 is 2.00 bits per heavy atom. The van der Waals surface area contributed by atoms with Crippen molar-refractivity contribution >= 4 is 0 Å². The van der Waals surface area contributed by atoms with Gasteiger partial charge in [0, 0.05) is 5.54 Å². The van der Waals surface area contributed by atoms with Crippen molar-refractivity contribution < 1.29 is 0 Å². The normalized spacial score (nSPS) is 14.6. The zero-order valence-corrected chi connectivity index (χ0v) is 11.7. The standard InChI is InChI=1S/C14H31N/c1-12(2)8-7-9-13(3)10-11-15-14(4,5)6/h12-13,15H,7-11H2,1-6H3/t13-/m0/s1. The van der Waals surface area contributed by atoms with E-state index in [9.17, 15) is 0 Å². The second kappa shape index (κ2) is 7.27. The molecule has 0 radical (unpaired) electrons. The van der Waals surface area contributed by atoms with E-state index in [0.717, 1.165) is 18.4 Å². The van der Waals surface area contributed by atoms with Crippen molar-refractivity contribution in [3.63, 3.8) is 0 Å². The largest absolute Gasteiger partial charge is 0.312 e. The molecule has 0 aromatic rings. The summed E-state index contributed by atoms with van der Waals surface area (Å²) in [5.74, 6) is 1.74. The van der Waals surface area contributed by atoms with E-state index in [4.69, 9.17) is 0 Å². The molecule has 0 bridgehead atoms. The monoisotopic (exact) mass is 213 g/mol. The zero-order valence-electron chi connectivity index (χ0n) is 11.7. The summed E-state index contributed by atoms with van der Waals surface area (Å²) >= 11 is 0. The van der Waals surface area contributed by atoms with Gasteiger partial charge in [-0.15, -0.1) is 0 Å². The molecule has 0 fully saturated rings. The quantitative estimate of drug-likeness (QED) is 0.667. The molecule has 0 aliphatic carbocycles. The molecule has 0 aliphatic heterocycles.